The fourth-order valence-electron chi connectivity index (χ4n) is 3.43. The molecule has 0 bridgehead atoms. The average molecular weight is 418 g/mol. The Labute approximate surface area is 182 Å². The zero-order chi connectivity index (χ0) is 21.3. The smallest absolute Gasteiger partial charge is 0.270 e. The summed E-state index contributed by atoms with van der Waals surface area (Å²) in [5.41, 5.74) is 3.45. The number of amides is 1. The van der Waals surface area contributed by atoms with E-state index in [0.717, 1.165) is 55.3 Å². The van der Waals surface area contributed by atoms with Crippen molar-refractivity contribution in [2.24, 2.45) is 0 Å². The first-order valence-electron chi connectivity index (χ1n) is 10.6. The van der Waals surface area contributed by atoms with E-state index in [0.29, 0.717) is 18.8 Å². The van der Waals surface area contributed by atoms with Crippen LogP contribution in [0.4, 0.5) is 0 Å². The molecule has 3 aromatic rings. The molecular formula is C25H27N3O3. The Morgan fingerprint density at radius 1 is 0.968 bits per heavy atom. The van der Waals surface area contributed by atoms with Crippen LogP contribution in [0.5, 0.6) is 5.75 Å². The SMILES string of the molecule is O=C(NCc1ccccc1)c1ccc(-c2ccc(OCCN3CCOCC3)cc2)cn1. The summed E-state index contributed by atoms with van der Waals surface area (Å²) in [6.45, 7) is 5.59. The van der Waals surface area contributed by atoms with Gasteiger partial charge in [-0.2, -0.15) is 0 Å². The van der Waals surface area contributed by atoms with Crippen molar-refractivity contribution in [2.45, 2.75) is 6.54 Å². The van der Waals surface area contributed by atoms with Gasteiger partial charge >= 0.3 is 0 Å². The lowest BCUT2D eigenvalue weighted by atomic mass is 10.1. The predicted molar refractivity (Wildman–Crippen MR) is 120 cm³/mol. The fourth-order valence-corrected chi connectivity index (χ4v) is 3.43. The van der Waals surface area contributed by atoms with Crippen molar-refractivity contribution in [1.82, 2.24) is 15.2 Å². The maximum atomic E-state index is 12.3. The zero-order valence-corrected chi connectivity index (χ0v) is 17.5. The Morgan fingerprint density at radius 3 is 2.42 bits per heavy atom. The number of nitrogens with one attached hydrogen (secondary N) is 1. The van der Waals surface area contributed by atoms with Crippen LogP contribution in [-0.4, -0.2) is 55.2 Å². The van der Waals surface area contributed by atoms with E-state index in [1.807, 2.05) is 60.7 Å². The van der Waals surface area contributed by atoms with Crippen molar-refractivity contribution in [2.75, 3.05) is 39.5 Å². The van der Waals surface area contributed by atoms with E-state index < -0.39 is 0 Å². The number of carbonyl (C=O) groups excluding carboxylic acids is 1. The summed E-state index contributed by atoms with van der Waals surface area (Å²) in [5, 5.41) is 2.90. The maximum absolute atomic E-state index is 12.3. The number of pyridine rings is 1. The largest absolute Gasteiger partial charge is 0.492 e. The van der Waals surface area contributed by atoms with Gasteiger partial charge in [0.2, 0.25) is 0 Å². The second kappa shape index (κ2) is 10.7. The molecule has 6 nitrogen and oxygen atoms in total. The number of hydrogen-bond donors (Lipinski definition) is 1. The Morgan fingerprint density at radius 2 is 1.71 bits per heavy atom. The van der Waals surface area contributed by atoms with Crippen molar-refractivity contribution in [3.63, 3.8) is 0 Å². The van der Waals surface area contributed by atoms with Gasteiger partial charge in [-0.15, -0.1) is 0 Å². The molecule has 0 saturated carbocycles. The molecule has 2 aromatic carbocycles. The minimum Gasteiger partial charge on any atom is -0.492 e. The number of ether oxygens (including phenoxy) is 2. The van der Waals surface area contributed by atoms with Crippen molar-refractivity contribution in [3.8, 4) is 16.9 Å². The summed E-state index contributed by atoms with van der Waals surface area (Å²) in [6, 6.07) is 21.4. The Hall–Kier alpha value is -3.22. The lowest BCUT2D eigenvalue weighted by Gasteiger charge is -2.26. The van der Waals surface area contributed by atoms with Crippen LogP contribution in [0.1, 0.15) is 16.1 Å². The Kier molecular flexibility index (Phi) is 7.26. The van der Waals surface area contributed by atoms with Gasteiger partial charge in [-0.25, -0.2) is 0 Å². The molecule has 0 unspecified atom stereocenters. The zero-order valence-electron chi connectivity index (χ0n) is 17.5. The second-order valence-electron chi connectivity index (χ2n) is 7.43. The van der Waals surface area contributed by atoms with Gasteiger partial charge in [-0.3, -0.25) is 14.7 Å². The number of benzene rings is 2. The molecule has 0 aliphatic carbocycles. The van der Waals surface area contributed by atoms with Crippen LogP contribution in [0, 0.1) is 0 Å². The first-order valence-corrected chi connectivity index (χ1v) is 10.6. The van der Waals surface area contributed by atoms with E-state index in [1.165, 1.54) is 0 Å². The van der Waals surface area contributed by atoms with Crippen LogP contribution >= 0.6 is 0 Å². The van der Waals surface area contributed by atoms with Crippen LogP contribution in [-0.2, 0) is 11.3 Å². The monoisotopic (exact) mass is 417 g/mol. The molecule has 6 heteroatoms. The van der Waals surface area contributed by atoms with Crippen LogP contribution < -0.4 is 10.1 Å². The highest BCUT2D eigenvalue weighted by Crippen LogP contribution is 2.22. The Bertz CT molecular complexity index is 954. The van der Waals surface area contributed by atoms with Crippen LogP contribution in [0.25, 0.3) is 11.1 Å². The van der Waals surface area contributed by atoms with Gasteiger partial charge in [-0.05, 0) is 29.3 Å². The minimum atomic E-state index is -0.181. The van der Waals surface area contributed by atoms with Crippen molar-refractivity contribution < 1.29 is 14.3 Å². The third-order valence-electron chi connectivity index (χ3n) is 5.26. The first-order chi connectivity index (χ1) is 15.3. The van der Waals surface area contributed by atoms with E-state index >= 15 is 0 Å². The third-order valence-corrected chi connectivity index (χ3v) is 5.26. The number of morpholine rings is 1. The molecule has 0 spiro atoms. The number of rotatable bonds is 8. The number of nitrogens with zero attached hydrogens (tertiary/aromatic N) is 2. The summed E-state index contributed by atoms with van der Waals surface area (Å²) in [7, 11) is 0. The molecule has 1 amide bonds. The molecule has 0 atom stereocenters. The standard InChI is InChI=1S/C25H27N3O3/c29-25(27-18-20-4-2-1-3-5-20)24-11-8-22(19-26-24)21-6-9-23(10-7-21)31-17-14-28-12-15-30-16-13-28/h1-11,19H,12-18H2,(H,27,29). The van der Waals surface area contributed by atoms with Crippen molar-refractivity contribution in [1.29, 1.82) is 0 Å². The molecule has 1 saturated heterocycles. The molecular weight excluding hydrogens is 390 g/mol. The van der Waals surface area contributed by atoms with E-state index in [4.69, 9.17) is 9.47 Å². The molecule has 0 radical (unpaired) electrons. The summed E-state index contributed by atoms with van der Waals surface area (Å²) >= 11 is 0. The van der Waals surface area contributed by atoms with Crippen LogP contribution in [0.2, 0.25) is 0 Å². The molecule has 1 aliphatic rings. The highest BCUT2D eigenvalue weighted by molar-refractivity contribution is 5.92. The molecule has 1 aliphatic heterocycles. The first kappa shape index (κ1) is 21.0. The number of carbonyl (C=O) groups is 1. The van der Waals surface area contributed by atoms with E-state index in [-0.39, 0.29) is 5.91 Å². The van der Waals surface area contributed by atoms with Crippen LogP contribution in [0.3, 0.4) is 0 Å². The van der Waals surface area contributed by atoms with Gasteiger partial charge in [0, 0.05) is 37.9 Å². The summed E-state index contributed by atoms with van der Waals surface area (Å²) < 4.78 is 11.2. The summed E-state index contributed by atoms with van der Waals surface area (Å²) in [6.07, 6.45) is 1.73. The minimum absolute atomic E-state index is 0.181. The fraction of sp³-hybridized carbons (Fsp3) is 0.280. The van der Waals surface area contributed by atoms with E-state index in [1.54, 1.807) is 12.3 Å². The second-order valence-corrected chi connectivity index (χ2v) is 7.43. The summed E-state index contributed by atoms with van der Waals surface area (Å²) in [4.78, 5) is 19.0. The van der Waals surface area contributed by atoms with Crippen molar-refractivity contribution >= 4 is 5.91 Å². The molecule has 31 heavy (non-hydrogen) atoms. The van der Waals surface area contributed by atoms with Gasteiger partial charge in [0.05, 0.1) is 13.2 Å². The lowest BCUT2D eigenvalue weighted by molar-refractivity contribution is 0.0322. The molecule has 1 N–H and O–H groups in total. The molecule has 4 rings (SSSR count). The molecule has 1 fully saturated rings. The van der Waals surface area contributed by atoms with Gasteiger partial charge in [0.25, 0.3) is 5.91 Å². The van der Waals surface area contributed by atoms with E-state index in [2.05, 4.69) is 15.2 Å². The predicted octanol–water partition coefficient (Wildman–Crippen LogP) is 3.39. The van der Waals surface area contributed by atoms with Gasteiger partial charge < -0.3 is 14.8 Å². The van der Waals surface area contributed by atoms with E-state index in [9.17, 15) is 4.79 Å². The topological polar surface area (TPSA) is 63.7 Å². The third kappa shape index (κ3) is 6.13. The maximum Gasteiger partial charge on any atom is 0.270 e. The molecule has 2 heterocycles. The normalized spacial score (nSPS) is 14.2. The van der Waals surface area contributed by atoms with Gasteiger partial charge in [-0.1, -0.05) is 48.5 Å². The quantitative estimate of drug-likeness (QED) is 0.609. The Balaban J connectivity index is 1.27. The number of aromatic nitrogens is 1. The highest BCUT2D eigenvalue weighted by atomic mass is 16.5. The van der Waals surface area contributed by atoms with Gasteiger partial charge in [0.15, 0.2) is 0 Å². The average Bonchev–Trinajstić information content (AvgIpc) is 2.84. The molecule has 1 aromatic heterocycles. The number of hydrogen-bond acceptors (Lipinski definition) is 5. The van der Waals surface area contributed by atoms with Crippen LogP contribution in [0.15, 0.2) is 72.9 Å². The highest BCUT2D eigenvalue weighted by Gasteiger charge is 2.10. The van der Waals surface area contributed by atoms with Gasteiger partial charge in [0.1, 0.15) is 18.1 Å². The van der Waals surface area contributed by atoms with Crippen molar-refractivity contribution in [3.05, 3.63) is 84.2 Å². The lowest BCUT2D eigenvalue weighted by Crippen LogP contribution is -2.38. The molecule has 160 valence electrons. The summed E-state index contributed by atoms with van der Waals surface area (Å²) in [5.74, 6) is 0.668.